The summed E-state index contributed by atoms with van der Waals surface area (Å²) in [6.07, 6.45) is 1.31. The van der Waals surface area contributed by atoms with Gasteiger partial charge in [-0.2, -0.15) is 5.10 Å². The van der Waals surface area contributed by atoms with Crippen LogP contribution in [0.15, 0.2) is 30.5 Å². The van der Waals surface area contributed by atoms with Crippen molar-refractivity contribution in [1.82, 2.24) is 9.78 Å². The van der Waals surface area contributed by atoms with Crippen LogP contribution in [0.3, 0.4) is 0 Å². The summed E-state index contributed by atoms with van der Waals surface area (Å²) < 4.78 is 6.47. The highest BCUT2D eigenvalue weighted by atomic mass is 35.5. The monoisotopic (exact) mass is 267 g/mol. The van der Waals surface area contributed by atoms with Crippen LogP contribution in [0.25, 0.3) is 0 Å². The van der Waals surface area contributed by atoms with Crippen LogP contribution in [-0.4, -0.2) is 21.8 Å². The Hall–Kier alpha value is -2.08. The first-order chi connectivity index (χ1) is 8.60. The van der Waals surface area contributed by atoms with Gasteiger partial charge in [-0.3, -0.25) is 14.8 Å². The van der Waals surface area contributed by atoms with Gasteiger partial charge in [0.1, 0.15) is 11.9 Å². The number of hydrogen-bond acceptors (Lipinski definition) is 4. The highest BCUT2D eigenvalue weighted by Crippen LogP contribution is 2.22. The van der Waals surface area contributed by atoms with Gasteiger partial charge in [0.2, 0.25) is 5.15 Å². The van der Waals surface area contributed by atoms with Crippen LogP contribution in [0.1, 0.15) is 5.56 Å². The normalized spacial score (nSPS) is 10.3. The first-order valence-electron chi connectivity index (χ1n) is 5.10. The van der Waals surface area contributed by atoms with Crippen molar-refractivity contribution in [3.63, 3.8) is 0 Å². The SMILES string of the molecule is COc1ccc(Cn2cc([N+](=O)[O-])c(Cl)n2)cc1. The Labute approximate surface area is 108 Å². The van der Waals surface area contributed by atoms with Crippen molar-refractivity contribution in [3.05, 3.63) is 51.3 Å². The van der Waals surface area contributed by atoms with E-state index >= 15 is 0 Å². The molecule has 0 saturated carbocycles. The zero-order valence-corrected chi connectivity index (χ0v) is 10.3. The number of aromatic nitrogens is 2. The van der Waals surface area contributed by atoms with Crippen molar-refractivity contribution in [2.75, 3.05) is 7.11 Å². The van der Waals surface area contributed by atoms with E-state index in [1.54, 1.807) is 7.11 Å². The molecular formula is C11H10ClN3O3. The Morgan fingerprint density at radius 2 is 2.11 bits per heavy atom. The fourth-order valence-corrected chi connectivity index (χ4v) is 1.72. The van der Waals surface area contributed by atoms with Gasteiger partial charge in [0.25, 0.3) is 0 Å². The fraction of sp³-hybridized carbons (Fsp3) is 0.182. The van der Waals surface area contributed by atoms with Crippen molar-refractivity contribution in [2.45, 2.75) is 6.54 Å². The van der Waals surface area contributed by atoms with E-state index < -0.39 is 4.92 Å². The number of hydrogen-bond donors (Lipinski definition) is 0. The lowest BCUT2D eigenvalue weighted by molar-refractivity contribution is -0.384. The lowest BCUT2D eigenvalue weighted by Crippen LogP contribution is -1.99. The molecule has 0 radical (unpaired) electrons. The van der Waals surface area contributed by atoms with E-state index in [0.717, 1.165) is 11.3 Å². The quantitative estimate of drug-likeness (QED) is 0.630. The van der Waals surface area contributed by atoms with Gasteiger partial charge in [-0.25, -0.2) is 0 Å². The number of nitro groups is 1. The smallest absolute Gasteiger partial charge is 0.325 e. The maximum atomic E-state index is 10.6. The third-order valence-electron chi connectivity index (χ3n) is 2.40. The zero-order chi connectivity index (χ0) is 13.1. The zero-order valence-electron chi connectivity index (χ0n) is 9.54. The molecule has 2 rings (SSSR count). The van der Waals surface area contributed by atoms with E-state index in [-0.39, 0.29) is 10.8 Å². The molecule has 0 N–H and O–H groups in total. The Morgan fingerprint density at radius 1 is 1.44 bits per heavy atom. The summed E-state index contributed by atoms with van der Waals surface area (Å²) in [7, 11) is 1.59. The standard InChI is InChI=1S/C11H10ClN3O3/c1-18-9-4-2-8(3-5-9)6-14-7-10(15(16)17)11(12)13-14/h2-5,7H,6H2,1H3. The minimum atomic E-state index is -0.556. The van der Waals surface area contributed by atoms with Crippen molar-refractivity contribution in [1.29, 1.82) is 0 Å². The molecule has 6 nitrogen and oxygen atoms in total. The Morgan fingerprint density at radius 3 is 2.61 bits per heavy atom. The summed E-state index contributed by atoms with van der Waals surface area (Å²) in [6, 6.07) is 7.35. The summed E-state index contributed by atoms with van der Waals surface area (Å²) in [5.74, 6) is 0.753. The molecule has 0 fully saturated rings. The van der Waals surface area contributed by atoms with Gasteiger partial charge in [-0.1, -0.05) is 23.7 Å². The van der Waals surface area contributed by atoms with Gasteiger partial charge in [0.05, 0.1) is 18.6 Å². The lowest BCUT2D eigenvalue weighted by Gasteiger charge is -2.03. The van der Waals surface area contributed by atoms with E-state index in [1.165, 1.54) is 10.9 Å². The van der Waals surface area contributed by atoms with Gasteiger partial charge in [-0.05, 0) is 17.7 Å². The third-order valence-corrected chi connectivity index (χ3v) is 2.67. The summed E-state index contributed by atoms with van der Waals surface area (Å²) in [6.45, 7) is 0.414. The first-order valence-corrected chi connectivity index (χ1v) is 5.48. The molecule has 0 saturated heterocycles. The highest BCUT2D eigenvalue weighted by molar-refractivity contribution is 6.31. The Balaban J connectivity index is 2.18. The first kappa shape index (κ1) is 12.4. The molecule has 1 aromatic carbocycles. The van der Waals surface area contributed by atoms with E-state index in [4.69, 9.17) is 16.3 Å². The number of nitrogens with zero attached hydrogens (tertiary/aromatic N) is 3. The maximum absolute atomic E-state index is 10.6. The average Bonchev–Trinajstić information content (AvgIpc) is 2.71. The van der Waals surface area contributed by atoms with Gasteiger partial charge < -0.3 is 4.74 Å². The van der Waals surface area contributed by atoms with E-state index in [0.29, 0.717) is 6.54 Å². The number of methoxy groups -OCH3 is 1. The second-order valence-corrected chi connectivity index (χ2v) is 3.97. The number of rotatable bonds is 4. The predicted octanol–water partition coefficient (Wildman–Crippen LogP) is 2.50. The van der Waals surface area contributed by atoms with Crippen molar-refractivity contribution >= 4 is 17.3 Å². The minimum Gasteiger partial charge on any atom is -0.497 e. The summed E-state index contributed by atoms with van der Waals surface area (Å²) in [4.78, 5) is 10.1. The molecule has 2 aromatic rings. The van der Waals surface area contributed by atoms with Crippen LogP contribution in [0.4, 0.5) is 5.69 Å². The molecule has 1 heterocycles. The van der Waals surface area contributed by atoms with Gasteiger partial charge in [0.15, 0.2) is 0 Å². The third kappa shape index (κ3) is 2.60. The largest absolute Gasteiger partial charge is 0.497 e. The number of ether oxygens (including phenoxy) is 1. The molecule has 0 spiro atoms. The van der Waals surface area contributed by atoms with E-state index in [1.807, 2.05) is 24.3 Å². The van der Waals surface area contributed by atoms with Crippen LogP contribution < -0.4 is 4.74 Å². The minimum absolute atomic E-state index is 0.103. The molecular weight excluding hydrogens is 258 g/mol. The molecule has 0 unspecified atom stereocenters. The summed E-state index contributed by atoms with van der Waals surface area (Å²) in [5.41, 5.74) is 0.759. The lowest BCUT2D eigenvalue weighted by atomic mass is 10.2. The molecule has 7 heteroatoms. The van der Waals surface area contributed by atoms with Crippen LogP contribution in [0.2, 0.25) is 5.15 Å². The molecule has 94 valence electrons. The number of halogens is 1. The molecule has 0 aliphatic rings. The second kappa shape index (κ2) is 5.05. The molecule has 0 aliphatic carbocycles. The van der Waals surface area contributed by atoms with Crippen molar-refractivity contribution in [2.24, 2.45) is 0 Å². The van der Waals surface area contributed by atoms with Gasteiger partial charge in [0, 0.05) is 0 Å². The Kier molecular flexibility index (Phi) is 3.47. The molecule has 0 atom stereocenters. The summed E-state index contributed by atoms with van der Waals surface area (Å²) in [5, 5.41) is 14.4. The average molecular weight is 268 g/mol. The fourth-order valence-electron chi connectivity index (χ4n) is 1.51. The van der Waals surface area contributed by atoms with Crippen LogP contribution in [-0.2, 0) is 6.54 Å². The molecule has 0 aliphatic heterocycles. The highest BCUT2D eigenvalue weighted by Gasteiger charge is 2.17. The summed E-state index contributed by atoms with van der Waals surface area (Å²) >= 11 is 5.66. The molecule has 0 bridgehead atoms. The van der Waals surface area contributed by atoms with Crippen LogP contribution >= 0.6 is 11.6 Å². The number of benzene rings is 1. The van der Waals surface area contributed by atoms with Crippen LogP contribution in [0, 0.1) is 10.1 Å². The van der Waals surface area contributed by atoms with Crippen LogP contribution in [0.5, 0.6) is 5.75 Å². The molecule has 1 aromatic heterocycles. The van der Waals surface area contributed by atoms with Crippen molar-refractivity contribution < 1.29 is 9.66 Å². The topological polar surface area (TPSA) is 70.2 Å². The second-order valence-electron chi connectivity index (χ2n) is 3.61. The van der Waals surface area contributed by atoms with E-state index in [9.17, 15) is 10.1 Å². The predicted molar refractivity (Wildman–Crippen MR) is 66.0 cm³/mol. The maximum Gasteiger partial charge on any atom is 0.325 e. The van der Waals surface area contributed by atoms with E-state index in [2.05, 4.69) is 5.10 Å². The molecule has 18 heavy (non-hydrogen) atoms. The molecule has 0 amide bonds. The van der Waals surface area contributed by atoms with Gasteiger partial charge in [-0.15, -0.1) is 0 Å². The Bertz CT molecular complexity index is 565. The van der Waals surface area contributed by atoms with Crippen molar-refractivity contribution in [3.8, 4) is 5.75 Å². The van der Waals surface area contributed by atoms with Gasteiger partial charge >= 0.3 is 5.69 Å².